The van der Waals surface area contributed by atoms with Crippen LogP contribution in [-0.4, -0.2) is 18.9 Å². The fourth-order valence-corrected chi connectivity index (χ4v) is 2.35. The van der Waals surface area contributed by atoms with E-state index in [0.717, 1.165) is 12.1 Å². The molecule has 1 aromatic carbocycles. The molecule has 0 bridgehead atoms. The summed E-state index contributed by atoms with van der Waals surface area (Å²) in [6.07, 6.45) is -4.00. The lowest BCUT2D eigenvalue weighted by Gasteiger charge is -2.44. The monoisotopic (exact) mass is 265 g/mol. The Hall–Kier alpha value is -1.17. The minimum absolute atomic E-state index is 0.00820. The van der Waals surface area contributed by atoms with Crippen molar-refractivity contribution in [2.45, 2.75) is 30.7 Å². The van der Waals surface area contributed by atoms with Crippen molar-refractivity contribution in [1.82, 2.24) is 5.32 Å². The Kier molecular flexibility index (Phi) is 3.31. The van der Waals surface area contributed by atoms with Gasteiger partial charge in [-0.1, -0.05) is 18.2 Å². The van der Waals surface area contributed by atoms with Gasteiger partial charge in [0.15, 0.2) is 5.54 Å². The standard InChI is InChI=1S/C12H12F5N/c13-9-5-2-1-4-8(9)12(10(14)15)11(16,17)6-3-7-18-12/h1-2,4-5,10,18H,3,6-7H2/t12-/m0/s1. The van der Waals surface area contributed by atoms with Gasteiger partial charge < -0.3 is 0 Å². The molecule has 0 spiro atoms. The van der Waals surface area contributed by atoms with Crippen LogP contribution >= 0.6 is 0 Å². The van der Waals surface area contributed by atoms with Crippen molar-refractivity contribution in [3.63, 3.8) is 0 Å². The van der Waals surface area contributed by atoms with Crippen LogP contribution in [0, 0.1) is 5.82 Å². The van der Waals surface area contributed by atoms with Crippen LogP contribution in [-0.2, 0) is 5.54 Å². The average molecular weight is 265 g/mol. The molecule has 1 aliphatic rings. The number of halogens is 5. The SMILES string of the molecule is Fc1ccccc1[C@@]1(C(F)F)NCCCC1(F)F. The van der Waals surface area contributed by atoms with Crippen molar-refractivity contribution in [3.05, 3.63) is 35.6 Å². The maximum atomic E-state index is 13.9. The summed E-state index contributed by atoms with van der Waals surface area (Å²) in [6, 6.07) is 4.44. The molecule has 0 radical (unpaired) electrons. The third-order valence-corrected chi connectivity index (χ3v) is 3.27. The lowest BCUT2D eigenvalue weighted by molar-refractivity contribution is -0.174. The summed E-state index contributed by atoms with van der Waals surface area (Å²) in [5.41, 5.74) is -3.61. The van der Waals surface area contributed by atoms with Gasteiger partial charge in [0, 0.05) is 12.0 Å². The molecule has 1 aromatic rings. The zero-order chi connectivity index (χ0) is 13.4. The van der Waals surface area contributed by atoms with E-state index in [1.165, 1.54) is 12.1 Å². The van der Waals surface area contributed by atoms with Gasteiger partial charge in [0.2, 0.25) is 0 Å². The largest absolute Gasteiger partial charge is 0.298 e. The van der Waals surface area contributed by atoms with Crippen LogP contribution in [0.2, 0.25) is 0 Å². The number of piperidine rings is 1. The topological polar surface area (TPSA) is 12.0 Å². The summed E-state index contributed by atoms with van der Waals surface area (Å²) >= 11 is 0. The van der Waals surface area contributed by atoms with E-state index in [1.54, 1.807) is 0 Å². The third kappa shape index (κ3) is 1.79. The van der Waals surface area contributed by atoms with Gasteiger partial charge in [0.05, 0.1) is 0 Å². The number of alkyl halides is 4. The van der Waals surface area contributed by atoms with Crippen LogP contribution in [0.4, 0.5) is 22.0 Å². The Morgan fingerprint density at radius 3 is 2.39 bits per heavy atom. The first kappa shape index (κ1) is 13.3. The molecular weight excluding hydrogens is 253 g/mol. The van der Waals surface area contributed by atoms with Crippen LogP contribution in [0.3, 0.4) is 0 Å². The molecule has 0 saturated carbocycles. The molecule has 1 saturated heterocycles. The molecular formula is C12H12F5N. The lowest BCUT2D eigenvalue weighted by Crippen LogP contribution is -2.63. The Labute approximate surface area is 101 Å². The highest BCUT2D eigenvalue weighted by molar-refractivity contribution is 5.31. The molecule has 0 unspecified atom stereocenters. The number of hydrogen-bond acceptors (Lipinski definition) is 1. The molecule has 1 nitrogen and oxygen atoms in total. The van der Waals surface area contributed by atoms with E-state index in [2.05, 4.69) is 5.32 Å². The predicted molar refractivity (Wildman–Crippen MR) is 56.3 cm³/mol. The number of rotatable bonds is 2. The van der Waals surface area contributed by atoms with E-state index in [1.807, 2.05) is 0 Å². The molecule has 1 atom stereocenters. The van der Waals surface area contributed by atoms with Gasteiger partial charge in [0.25, 0.3) is 12.3 Å². The van der Waals surface area contributed by atoms with Crippen molar-refractivity contribution < 1.29 is 22.0 Å². The van der Waals surface area contributed by atoms with Crippen LogP contribution in [0.5, 0.6) is 0 Å². The average Bonchev–Trinajstić information content (AvgIpc) is 2.29. The number of hydrogen-bond donors (Lipinski definition) is 1. The maximum absolute atomic E-state index is 13.9. The molecule has 0 aliphatic carbocycles. The third-order valence-electron chi connectivity index (χ3n) is 3.27. The summed E-state index contributed by atoms with van der Waals surface area (Å²) in [5.74, 6) is -4.74. The molecule has 6 heteroatoms. The smallest absolute Gasteiger partial charge is 0.275 e. The summed E-state index contributed by atoms with van der Waals surface area (Å²) in [5, 5.41) is 2.14. The van der Waals surface area contributed by atoms with Gasteiger partial charge in [-0.2, -0.15) is 0 Å². The van der Waals surface area contributed by atoms with Gasteiger partial charge in [-0.3, -0.25) is 5.32 Å². The van der Waals surface area contributed by atoms with Gasteiger partial charge >= 0.3 is 0 Å². The molecule has 1 N–H and O–H groups in total. The van der Waals surface area contributed by atoms with Gasteiger partial charge in [-0.15, -0.1) is 0 Å². The molecule has 1 fully saturated rings. The second-order valence-corrected chi connectivity index (χ2v) is 4.32. The van der Waals surface area contributed by atoms with Crippen LogP contribution < -0.4 is 5.32 Å². The first-order chi connectivity index (χ1) is 8.42. The highest BCUT2D eigenvalue weighted by Gasteiger charge is 2.62. The summed E-state index contributed by atoms with van der Waals surface area (Å²) < 4.78 is 67.9. The number of nitrogens with one attached hydrogen (secondary N) is 1. The van der Waals surface area contributed by atoms with E-state index in [-0.39, 0.29) is 13.0 Å². The van der Waals surface area contributed by atoms with E-state index >= 15 is 0 Å². The maximum Gasteiger partial charge on any atom is 0.275 e. The van der Waals surface area contributed by atoms with Crippen LogP contribution in [0.25, 0.3) is 0 Å². The van der Waals surface area contributed by atoms with Gasteiger partial charge in [-0.25, -0.2) is 22.0 Å². The molecule has 0 amide bonds. The minimum atomic E-state index is -3.69. The van der Waals surface area contributed by atoms with Crippen molar-refractivity contribution in [1.29, 1.82) is 0 Å². The van der Waals surface area contributed by atoms with Gasteiger partial charge in [0.1, 0.15) is 5.82 Å². The lowest BCUT2D eigenvalue weighted by atomic mass is 9.79. The summed E-state index contributed by atoms with van der Waals surface area (Å²) in [4.78, 5) is 0. The van der Waals surface area contributed by atoms with Crippen molar-refractivity contribution >= 4 is 0 Å². The normalized spacial score (nSPS) is 27.4. The first-order valence-electron chi connectivity index (χ1n) is 5.58. The van der Waals surface area contributed by atoms with Crippen molar-refractivity contribution in [2.75, 3.05) is 6.54 Å². The number of benzene rings is 1. The van der Waals surface area contributed by atoms with E-state index in [4.69, 9.17) is 0 Å². The molecule has 2 rings (SSSR count). The highest BCUT2D eigenvalue weighted by Crippen LogP contribution is 2.47. The second-order valence-electron chi connectivity index (χ2n) is 4.32. The molecule has 1 heterocycles. The Balaban J connectivity index is 2.60. The predicted octanol–water partition coefficient (Wildman–Crippen LogP) is 3.30. The fraction of sp³-hybridized carbons (Fsp3) is 0.500. The van der Waals surface area contributed by atoms with E-state index in [0.29, 0.717) is 0 Å². The molecule has 1 aliphatic heterocycles. The Bertz CT molecular complexity index is 434. The van der Waals surface area contributed by atoms with Crippen molar-refractivity contribution in [3.8, 4) is 0 Å². The Morgan fingerprint density at radius 1 is 1.17 bits per heavy atom. The summed E-state index contributed by atoms with van der Waals surface area (Å²) in [6.45, 7) is 0.00820. The molecule has 100 valence electrons. The van der Waals surface area contributed by atoms with E-state index in [9.17, 15) is 22.0 Å². The molecule has 18 heavy (non-hydrogen) atoms. The first-order valence-corrected chi connectivity index (χ1v) is 5.58. The minimum Gasteiger partial charge on any atom is -0.298 e. The van der Waals surface area contributed by atoms with Crippen LogP contribution in [0.1, 0.15) is 18.4 Å². The quantitative estimate of drug-likeness (QED) is 0.809. The summed E-state index contributed by atoms with van der Waals surface area (Å²) in [7, 11) is 0. The fourth-order valence-electron chi connectivity index (χ4n) is 2.35. The van der Waals surface area contributed by atoms with E-state index < -0.39 is 35.7 Å². The second kappa shape index (κ2) is 4.50. The van der Waals surface area contributed by atoms with Crippen LogP contribution in [0.15, 0.2) is 24.3 Å². The zero-order valence-electron chi connectivity index (χ0n) is 9.40. The highest BCUT2D eigenvalue weighted by atomic mass is 19.3. The molecule has 0 aromatic heterocycles. The Morgan fingerprint density at radius 2 is 1.83 bits per heavy atom. The zero-order valence-corrected chi connectivity index (χ0v) is 9.40. The van der Waals surface area contributed by atoms with Gasteiger partial charge in [-0.05, 0) is 19.0 Å². The van der Waals surface area contributed by atoms with Crippen molar-refractivity contribution in [2.24, 2.45) is 0 Å².